The van der Waals surface area contributed by atoms with Crippen molar-refractivity contribution in [1.82, 2.24) is 15.6 Å². The first-order chi connectivity index (χ1) is 12.0. The van der Waals surface area contributed by atoms with Gasteiger partial charge >= 0.3 is 6.03 Å². The summed E-state index contributed by atoms with van der Waals surface area (Å²) in [6, 6.07) is 8.80. The second-order valence-electron chi connectivity index (χ2n) is 5.95. The van der Waals surface area contributed by atoms with Crippen LogP contribution in [-0.4, -0.2) is 23.5 Å². The lowest BCUT2D eigenvalue weighted by Crippen LogP contribution is -2.36. The van der Waals surface area contributed by atoms with Crippen LogP contribution < -0.4 is 20.7 Å². The van der Waals surface area contributed by atoms with Crippen molar-refractivity contribution in [3.05, 3.63) is 53.3 Å². The molecular formula is C18H20N4O3. The first kappa shape index (κ1) is 16.8. The van der Waals surface area contributed by atoms with Gasteiger partial charge in [-0.1, -0.05) is 12.1 Å². The van der Waals surface area contributed by atoms with Crippen LogP contribution >= 0.6 is 0 Å². The lowest BCUT2D eigenvalue weighted by Gasteiger charge is -2.21. The number of aromatic nitrogens is 1. The molecule has 2 heterocycles. The maximum Gasteiger partial charge on any atom is 0.315 e. The Morgan fingerprint density at radius 3 is 2.96 bits per heavy atom. The highest BCUT2D eigenvalue weighted by Gasteiger charge is 2.18. The van der Waals surface area contributed by atoms with Gasteiger partial charge in [0.1, 0.15) is 5.75 Å². The summed E-state index contributed by atoms with van der Waals surface area (Å²) in [5.41, 5.74) is 3.36. The summed E-state index contributed by atoms with van der Waals surface area (Å²) >= 11 is 0. The van der Waals surface area contributed by atoms with Crippen LogP contribution in [0.1, 0.15) is 29.8 Å². The topological polar surface area (TPSA) is 92.4 Å². The van der Waals surface area contributed by atoms with Gasteiger partial charge in [-0.3, -0.25) is 9.78 Å². The molecule has 1 atom stereocenters. The molecule has 1 aromatic carbocycles. The minimum absolute atomic E-state index is 0.0242. The maximum atomic E-state index is 12.1. The van der Waals surface area contributed by atoms with E-state index in [-0.39, 0.29) is 24.6 Å². The first-order valence-corrected chi connectivity index (χ1v) is 8.04. The molecule has 0 aliphatic carbocycles. The average molecular weight is 340 g/mol. The standard InChI is InChI=1S/C18H20N4O3/c1-11-3-4-13(8-19-11)9-20-18(24)21-12(2)14-5-6-16-15(7-14)22-17(23)10-25-16/h3-8,12H,9-10H2,1-2H3,(H,22,23)(H2,20,21,24)/t12-/m1/s1. The molecule has 0 saturated heterocycles. The van der Waals surface area contributed by atoms with Crippen LogP contribution in [0.15, 0.2) is 36.5 Å². The number of ether oxygens (including phenoxy) is 1. The van der Waals surface area contributed by atoms with Crippen molar-refractivity contribution in [1.29, 1.82) is 0 Å². The van der Waals surface area contributed by atoms with Gasteiger partial charge in [0.25, 0.3) is 5.91 Å². The number of aryl methyl sites for hydroxylation is 1. The molecule has 3 rings (SSSR count). The SMILES string of the molecule is Cc1ccc(CNC(=O)N[C@H](C)c2ccc3c(c2)NC(=O)CO3)cn1. The van der Waals surface area contributed by atoms with Gasteiger partial charge in [-0.05, 0) is 43.2 Å². The number of nitrogens with one attached hydrogen (secondary N) is 3. The zero-order valence-corrected chi connectivity index (χ0v) is 14.1. The van der Waals surface area contributed by atoms with Gasteiger partial charge in [-0.2, -0.15) is 0 Å². The quantitative estimate of drug-likeness (QED) is 0.796. The van der Waals surface area contributed by atoms with Gasteiger partial charge in [0.2, 0.25) is 0 Å². The Bertz CT molecular complexity index is 789. The Hall–Kier alpha value is -3.09. The zero-order chi connectivity index (χ0) is 17.8. The number of carbonyl (C=O) groups excluding carboxylic acids is 2. The summed E-state index contributed by atoms with van der Waals surface area (Å²) in [7, 11) is 0. The van der Waals surface area contributed by atoms with Gasteiger partial charge in [0.05, 0.1) is 11.7 Å². The maximum absolute atomic E-state index is 12.1. The number of carbonyl (C=O) groups is 2. The van der Waals surface area contributed by atoms with Crippen molar-refractivity contribution >= 4 is 17.6 Å². The predicted molar refractivity (Wildman–Crippen MR) is 93.3 cm³/mol. The van der Waals surface area contributed by atoms with E-state index in [9.17, 15) is 9.59 Å². The number of anilines is 1. The molecule has 0 bridgehead atoms. The van der Waals surface area contributed by atoms with Crippen molar-refractivity contribution in [2.75, 3.05) is 11.9 Å². The van der Waals surface area contributed by atoms with Crippen LogP contribution in [0.3, 0.4) is 0 Å². The van der Waals surface area contributed by atoms with Crippen molar-refractivity contribution in [3.8, 4) is 5.75 Å². The Balaban J connectivity index is 1.57. The third-order valence-corrected chi connectivity index (χ3v) is 3.91. The van der Waals surface area contributed by atoms with E-state index in [1.54, 1.807) is 18.3 Å². The van der Waals surface area contributed by atoms with Crippen molar-refractivity contribution in [2.45, 2.75) is 26.4 Å². The molecule has 1 aliphatic heterocycles. The molecule has 130 valence electrons. The minimum Gasteiger partial charge on any atom is -0.482 e. The molecule has 0 saturated carbocycles. The number of hydrogen-bond donors (Lipinski definition) is 3. The van der Waals surface area contributed by atoms with E-state index in [0.717, 1.165) is 16.8 Å². The van der Waals surface area contributed by atoms with E-state index in [2.05, 4.69) is 20.9 Å². The van der Waals surface area contributed by atoms with Gasteiger partial charge < -0.3 is 20.7 Å². The number of fused-ring (bicyclic) bond motifs is 1. The minimum atomic E-state index is -0.272. The Labute approximate surface area is 145 Å². The number of benzene rings is 1. The summed E-state index contributed by atoms with van der Waals surface area (Å²) in [5, 5.41) is 8.44. The molecule has 0 unspecified atom stereocenters. The van der Waals surface area contributed by atoms with E-state index < -0.39 is 0 Å². The highest BCUT2D eigenvalue weighted by molar-refractivity contribution is 5.95. The average Bonchev–Trinajstić information content (AvgIpc) is 2.60. The monoisotopic (exact) mass is 340 g/mol. The predicted octanol–water partition coefficient (Wildman–Crippen LogP) is 2.28. The van der Waals surface area contributed by atoms with Crippen LogP contribution in [0.25, 0.3) is 0 Å². The fourth-order valence-electron chi connectivity index (χ4n) is 2.49. The Morgan fingerprint density at radius 1 is 1.36 bits per heavy atom. The second kappa shape index (κ2) is 7.21. The fourth-order valence-corrected chi connectivity index (χ4v) is 2.49. The summed E-state index contributed by atoms with van der Waals surface area (Å²) in [6.45, 7) is 4.22. The molecule has 1 aromatic heterocycles. The molecule has 0 fully saturated rings. The van der Waals surface area contributed by atoms with E-state index in [1.807, 2.05) is 32.0 Å². The first-order valence-electron chi connectivity index (χ1n) is 8.04. The molecule has 7 heteroatoms. The van der Waals surface area contributed by atoms with Crippen LogP contribution in [0, 0.1) is 6.92 Å². The van der Waals surface area contributed by atoms with Crippen LogP contribution in [0.4, 0.5) is 10.5 Å². The van der Waals surface area contributed by atoms with Gasteiger partial charge in [-0.25, -0.2) is 4.79 Å². The smallest absolute Gasteiger partial charge is 0.315 e. The largest absolute Gasteiger partial charge is 0.482 e. The number of nitrogens with zero attached hydrogens (tertiary/aromatic N) is 1. The van der Waals surface area contributed by atoms with Crippen molar-refractivity contribution in [3.63, 3.8) is 0 Å². The Morgan fingerprint density at radius 2 is 2.20 bits per heavy atom. The van der Waals surface area contributed by atoms with Gasteiger partial charge in [0, 0.05) is 18.4 Å². The fraction of sp³-hybridized carbons (Fsp3) is 0.278. The molecule has 0 spiro atoms. The summed E-state index contributed by atoms with van der Waals surface area (Å²) in [5.74, 6) is 0.446. The number of pyridine rings is 1. The number of hydrogen-bond acceptors (Lipinski definition) is 4. The van der Waals surface area contributed by atoms with E-state index in [1.165, 1.54) is 0 Å². The summed E-state index contributed by atoms with van der Waals surface area (Å²) in [4.78, 5) is 27.7. The molecule has 7 nitrogen and oxygen atoms in total. The molecule has 3 N–H and O–H groups in total. The van der Waals surface area contributed by atoms with Crippen molar-refractivity contribution < 1.29 is 14.3 Å². The molecule has 3 amide bonds. The second-order valence-corrected chi connectivity index (χ2v) is 5.95. The zero-order valence-electron chi connectivity index (χ0n) is 14.1. The lowest BCUT2D eigenvalue weighted by atomic mass is 10.1. The van der Waals surface area contributed by atoms with Crippen LogP contribution in [0.2, 0.25) is 0 Å². The third kappa shape index (κ3) is 4.26. The summed E-state index contributed by atoms with van der Waals surface area (Å²) < 4.78 is 5.33. The number of amides is 3. The van der Waals surface area contributed by atoms with E-state index >= 15 is 0 Å². The highest BCUT2D eigenvalue weighted by Crippen LogP contribution is 2.30. The normalized spacial score (nSPS) is 13.9. The lowest BCUT2D eigenvalue weighted by molar-refractivity contribution is -0.118. The van der Waals surface area contributed by atoms with E-state index in [0.29, 0.717) is 18.0 Å². The Kier molecular flexibility index (Phi) is 4.83. The van der Waals surface area contributed by atoms with E-state index in [4.69, 9.17) is 4.74 Å². The number of urea groups is 1. The summed E-state index contributed by atoms with van der Waals surface area (Å²) in [6.07, 6.45) is 1.74. The molecule has 0 radical (unpaired) electrons. The van der Waals surface area contributed by atoms with Gasteiger partial charge in [-0.15, -0.1) is 0 Å². The molecule has 1 aliphatic rings. The number of rotatable bonds is 4. The van der Waals surface area contributed by atoms with Crippen LogP contribution in [0.5, 0.6) is 5.75 Å². The third-order valence-electron chi connectivity index (χ3n) is 3.91. The van der Waals surface area contributed by atoms with Gasteiger partial charge in [0.15, 0.2) is 6.61 Å². The molecule has 2 aromatic rings. The molecule has 25 heavy (non-hydrogen) atoms. The highest BCUT2D eigenvalue weighted by atomic mass is 16.5. The van der Waals surface area contributed by atoms with Crippen LogP contribution in [-0.2, 0) is 11.3 Å². The van der Waals surface area contributed by atoms with Crippen molar-refractivity contribution in [2.24, 2.45) is 0 Å². The molecular weight excluding hydrogens is 320 g/mol.